The summed E-state index contributed by atoms with van der Waals surface area (Å²) < 4.78 is 2.08. The quantitative estimate of drug-likeness (QED) is 0.654. The summed E-state index contributed by atoms with van der Waals surface area (Å²) in [6.45, 7) is 0. The summed E-state index contributed by atoms with van der Waals surface area (Å²) >= 11 is 11.2. The number of thiophene rings is 1. The molecule has 96 valence electrons. The summed E-state index contributed by atoms with van der Waals surface area (Å²) in [5, 5.41) is 12.2. The molecule has 0 aliphatic rings. The lowest BCUT2D eigenvalue weighted by atomic mass is 10.1. The SMILES string of the molecule is OC(c1cc2ccccc2s1)c1cc(Br)ccc1Cl. The largest absolute Gasteiger partial charge is 0.383 e. The maximum Gasteiger partial charge on any atom is 0.115 e. The molecule has 1 nitrogen and oxygen atoms in total. The van der Waals surface area contributed by atoms with Crippen molar-refractivity contribution in [3.63, 3.8) is 0 Å². The fourth-order valence-electron chi connectivity index (χ4n) is 2.01. The first-order valence-electron chi connectivity index (χ1n) is 5.76. The predicted molar refractivity (Wildman–Crippen MR) is 85.0 cm³/mol. The molecule has 3 rings (SSSR count). The van der Waals surface area contributed by atoms with Crippen molar-refractivity contribution in [2.24, 2.45) is 0 Å². The van der Waals surface area contributed by atoms with Crippen LogP contribution in [0.4, 0.5) is 0 Å². The van der Waals surface area contributed by atoms with Crippen LogP contribution in [0.3, 0.4) is 0 Å². The minimum atomic E-state index is -0.692. The molecular weight excluding hydrogens is 344 g/mol. The minimum absolute atomic E-state index is 0.577. The van der Waals surface area contributed by atoms with Gasteiger partial charge in [0.05, 0.1) is 0 Å². The minimum Gasteiger partial charge on any atom is -0.383 e. The van der Waals surface area contributed by atoms with E-state index >= 15 is 0 Å². The van der Waals surface area contributed by atoms with Crippen LogP contribution in [0.1, 0.15) is 16.5 Å². The summed E-state index contributed by atoms with van der Waals surface area (Å²) in [5.74, 6) is 0. The molecule has 1 atom stereocenters. The van der Waals surface area contributed by atoms with Gasteiger partial charge >= 0.3 is 0 Å². The molecule has 4 heteroatoms. The molecule has 1 aromatic heterocycles. The Morgan fingerprint density at radius 1 is 1.11 bits per heavy atom. The molecule has 0 amide bonds. The highest BCUT2D eigenvalue weighted by Crippen LogP contribution is 2.36. The molecule has 2 aromatic carbocycles. The predicted octanol–water partition coefficient (Wildman–Crippen LogP) is 5.40. The van der Waals surface area contributed by atoms with Crippen LogP contribution in [0.25, 0.3) is 10.1 Å². The summed E-state index contributed by atoms with van der Waals surface area (Å²) in [7, 11) is 0. The molecule has 0 spiro atoms. The van der Waals surface area contributed by atoms with E-state index in [0.29, 0.717) is 5.02 Å². The molecule has 0 fully saturated rings. The maximum absolute atomic E-state index is 10.5. The van der Waals surface area contributed by atoms with E-state index in [0.717, 1.165) is 20.3 Å². The molecule has 0 aliphatic heterocycles. The van der Waals surface area contributed by atoms with E-state index < -0.39 is 6.10 Å². The zero-order chi connectivity index (χ0) is 13.4. The normalized spacial score (nSPS) is 12.8. The average molecular weight is 354 g/mol. The second-order valence-corrected chi connectivity index (χ2v) is 6.69. The molecule has 1 heterocycles. The monoisotopic (exact) mass is 352 g/mol. The summed E-state index contributed by atoms with van der Waals surface area (Å²) in [6.07, 6.45) is -0.692. The van der Waals surface area contributed by atoms with Crippen molar-refractivity contribution in [1.82, 2.24) is 0 Å². The van der Waals surface area contributed by atoms with Crippen molar-refractivity contribution in [3.8, 4) is 0 Å². The Labute approximate surface area is 128 Å². The van der Waals surface area contributed by atoms with E-state index in [9.17, 15) is 5.11 Å². The van der Waals surface area contributed by atoms with E-state index in [1.165, 1.54) is 4.70 Å². The van der Waals surface area contributed by atoms with Crippen molar-refractivity contribution in [2.75, 3.05) is 0 Å². The van der Waals surface area contributed by atoms with Crippen molar-refractivity contribution in [2.45, 2.75) is 6.10 Å². The molecule has 19 heavy (non-hydrogen) atoms. The van der Waals surface area contributed by atoms with Crippen LogP contribution in [0.15, 0.2) is 53.0 Å². The number of aliphatic hydroxyl groups is 1. The van der Waals surface area contributed by atoms with Gasteiger partial charge in [-0.3, -0.25) is 0 Å². The number of aliphatic hydroxyl groups excluding tert-OH is 1. The first-order valence-corrected chi connectivity index (χ1v) is 7.75. The van der Waals surface area contributed by atoms with Crippen LogP contribution in [0, 0.1) is 0 Å². The third-order valence-corrected chi connectivity index (χ3v) is 4.97. The number of hydrogen-bond donors (Lipinski definition) is 1. The van der Waals surface area contributed by atoms with E-state index in [1.54, 1.807) is 17.4 Å². The van der Waals surface area contributed by atoms with E-state index in [4.69, 9.17) is 11.6 Å². The van der Waals surface area contributed by atoms with Gasteiger partial charge in [0.2, 0.25) is 0 Å². The molecule has 1 N–H and O–H groups in total. The molecule has 0 saturated carbocycles. The Kier molecular flexibility index (Phi) is 3.63. The molecule has 1 unspecified atom stereocenters. The van der Waals surface area contributed by atoms with E-state index in [-0.39, 0.29) is 0 Å². The summed E-state index contributed by atoms with van der Waals surface area (Å²) in [5.41, 5.74) is 0.725. The standard InChI is InChI=1S/C15H10BrClOS/c16-10-5-6-12(17)11(8-10)15(18)14-7-9-3-1-2-4-13(9)19-14/h1-8,15,18H. The fraction of sp³-hybridized carbons (Fsp3) is 0.0667. The Morgan fingerprint density at radius 3 is 2.68 bits per heavy atom. The molecular formula is C15H10BrClOS. The third kappa shape index (κ3) is 2.56. The number of rotatable bonds is 2. The first-order chi connectivity index (χ1) is 9.15. The van der Waals surface area contributed by atoms with Crippen molar-refractivity contribution in [3.05, 3.63) is 68.5 Å². The lowest BCUT2D eigenvalue weighted by Crippen LogP contribution is -1.97. The lowest BCUT2D eigenvalue weighted by molar-refractivity contribution is 0.224. The van der Waals surface area contributed by atoms with Gasteiger partial charge in [-0.15, -0.1) is 11.3 Å². The van der Waals surface area contributed by atoms with Crippen molar-refractivity contribution in [1.29, 1.82) is 0 Å². The zero-order valence-corrected chi connectivity index (χ0v) is 13.0. The van der Waals surface area contributed by atoms with Gasteiger partial charge in [-0.25, -0.2) is 0 Å². The number of hydrogen-bond acceptors (Lipinski definition) is 2. The lowest BCUT2D eigenvalue weighted by Gasteiger charge is -2.11. The molecule has 0 aliphatic carbocycles. The summed E-state index contributed by atoms with van der Waals surface area (Å²) in [4.78, 5) is 0.904. The molecule has 3 aromatic rings. The van der Waals surface area contributed by atoms with Crippen molar-refractivity contribution < 1.29 is 5.11 Å². The fourth-order valence-corrected chi connectivity index (χ4v) is 3.68. The van der Waals surface area contributed by atoms with E-state index in [1.807, 2.05) is 36.4 Å². The number of benzene rings is 2. The Morgan fingerprint density at radius 2 is 1.89 bits per heavy atom. The number of halogens is 2. The highest BCUT2D eigenvalue weighted by molar-refractivity contribution is 9.10. The van der Waals surface area contributed by atoms with Gasteiger partial charge in [0.1, 0.15) is 6.10 Å². The maximum atomic E-state index is 10.5. The second-order valence-electron chi connectivity index (χ2n) is 4.25. The first kappa shape index (κ1) is 13.1. The molecule has 0 radical (unpaired) electrons. The summed E-state index contributed by atoms with van der Waals surface area (Å²) in [6, 6.07) is 15.6. The van der Waals surface area contributed by atoms with Gasteiger partial charge in [0.25, 0.3) is 0 Å². The third-order valence-electron chi connectivity index (χ3n) is 2.97. The van der Waals surface area contributed by atoms with Crippen LogP contribution in [0.5, 0.6) is 0 Å². The van der Waals surface area contributed by atoms with Gasteiger partial charge in [-0.2, -0.15) is 0 Å². The van der Waals surface area contributed by atoms with Crippen LogP contribution in [-0.4, -0.2) is 5.11 Å². The topological polar surface area (TPSA) is 20.2 Å². The van der Waals surface area contributed by atoms with Crippen molar-refractivity contribution >= 4 is 49.0 Å². The van der Waals surface area contributed by atoms with Gasteiger partial charge in [0, 0.05) is 24.6 Å². The molecule has 0 bridgehead atoms. The highest BCUT2D eigenvalue weighted by atomic mass is 79.9. The molecule has 0 saturated heterocycles. The van der Waals surface area contributed by atoms with E-state index in [2.05, 4.69) is 22.0 Å². The van der Waals surface area contributed by atoms with Gasteiger partial charge in [0.15, 0.2) is 0 Å². The van der Waals surface area contributed by atoms with Gasteiger partial charge < -0.3 is 5.11 Å². The Balaban J connectivity index is 2.07. The van der Waals surface area contributed by atoms with Crippen LogP contribution in [0.2, 0.25) is 5.02 Å². The Bertz CT molecular complexity index is 705. The zero-order valence-electron chi connectivity index (χ0n) is 9.81. The van der Waals surface area contributed by atoms with Crippen LogP contribution < -0.4 is 0 Å². The highest BCUT2D eigenvalue weighted by Gasteiger charge is 2.16. The Hall–Kier alpha value is -0.870. The second kappa shape index (κ2) is 5.25. The smallest absolute Gasteiger partial charge is 0.115 e. The van der Waals surface area contributed by atoms with Crippen LogP contribution in [-0.2, 0) is 0 Å². The average Bonchev–Trinajstić information content (AvgIpc) is 2.84. The van der Waals surface area contributed by atoms with Gasteiger partial charge in [-0.1, -0.05) is 45.7 Å². The van der Waals surface area contributed by atoms with Crippen LogP contribution >= 0.6 is 38.9 Å². The number of fused-ring (bicyclic) bond motifs is 1. The van der Waals surface area contributed by atoms with Gasteiger partial charge in [-0.05, 0) is 35.7 Å².